The van der Waals surface area contributed by atoms with E-state index in [-0.39, 0.29) is 6.09 Å². The molecular formula is C15H20BrNO3S. The summed E-state index contributed by atoms with van der Waals surface area (Å²) in [6.45, 7) is 7.04. The van der Waals surface area contributed by atoms with Gasteiger partial charge >= 0.3 is 6.09 Å². The van der Waals surface area contributed by atoms with Crippen molar-refractivity contribution in [3.05, 3.63) is 22.7 Å². The van der Waals surface area contributed by atoms with E-state index in [0.29, 0.717) is 18.3 Å². The fraction of sp³-hybridized carbons (Fsp3) is 0.533. The van der Waals surface area contributed by atoms with Crippen molar-refractivity contribution < 1.29 is 14.3 Å². The van der Waals surface area contributed by atoms with Gasteiger partial charge in [-0.25, -0.2) is 4.79 Å². The zero-order valence-electron chi connectivity index (χ0n) is 12.7. The monoisotopic (exact) mass is 373 g/mol. The van der Waals surface area contributed by atoms with Crippen molar-refractivity contribution >= 4 is 33.8 Å². The Morgan fingerprint density at radius 3 is 2.62 bits per heavy atom. The molecular weight excluding hydrogens is 354 g/mol. The predicted octanol–water partition coefficient (Wildman–Crippen LogP) is 4.17. The van der Waals surface area contributed by atoms with Crippen molar-refractivity contribution in [3.63, 3.8) is 0 Å². The first-order chi connectivity index (χ1) is 9.78. The number of thioether (sulfide) groups is 1. The molecule has 1 aromatic carbocycles. The molecule has 1 aliphatic rings. The van der Waals surface area contributed by atoms with E-state index in [1.807, 2.05) is 39.0 Å². The van der Waals surface area contributed by atoms with Crippen LogP contribution < -0.4 is 4.74 Å². The lowest BCUT2D eigenvalue weighted by Crippen LogP contribution is -2.53. The highest BCUT2D eigenvalue weighted by Crippen LogP contribution is 2.37. The Balaban J connectivity index is 1.88. The fourth-order valence-electron chi connectivity index (χ4n) is 1.91. The highest BCUT2D eigenvalue weighted by molar-refractivity contribution is 9.10. The van der Waals surface area contributed by atoms with Crippen LogP contribution in [-0.2, 0) is 4.74 Å². The molecule has 116 valence electrons. The molecule has 0 spiro atoms. The average Bonchev–Trinajstić information content (AvgIpc) is 2.31. The van der Waals surface area contributed by atoms with Crippen LogP contribution in [0.5, 0.6) is 5.75 Å². The van der Waals surface area contributed by atoms with Crippen LogP contribution in [0.25, 0.3) is 0 Å². The maximum absolute atomic E-state index is 11.9. The summed E-state index contributed by atoms with van der Waals surface area (Å²) in [7, 11) is 1.67. The van der Waals surface area contributed by atoms with Gasteiger partial charge in [-0.2, -0.15) is 0 Å². The summed E-state index contributed by atoms with van der Waals surface area (Å²) in [5.74, 6) is 0.860. The molecule has 0 N–H and O–H groups in total. The average molecular weight is 374 g/mol. The van der Waals surface area contributed by atoms with E-state index in [1.165, 1.54) is 0 Å². The zero-order valence-corrected chi connectivity index (χ0v) is 15.1. The lowest BCUT2D eigenvalue weighted by molar-refractivity contribution is 0.0144. The van der Waals surface area contributed by atoms with Crippen LogP contribution in [0.1, 0.15) is 20.8 Å². The standard InChI is InChI=1S/C15H20BrNO3S/c1-15(2,3)20-14(18)17-8-11(9-17)21-13-7-10(16)5-6-12(13)19-4/h5-7,11H,8-9H2,1-4H3. The number of methoxy groups -OCH3 is 1. The second-order valence-electron chi connectivity index (χ2n) is 5.92. The summed E-state index contributed by atoms with van der Waals surface area (Å²) in [5, 5.41) is 0.376. The minimum absolute atomic E-state index is 0.236. The summed E-state index contributed by atoms with van der Waals surface area (Å²) in [5.41, 5.74) is -0.442. The number of carbonyl (C=O) groups is 1. The van der Waals surface area contributed by atoms with E-state index < -0.39 is 5.60 Å². The molecule has 0 radical (unpaired) electrons. The van der Waals surface area contributed by atoms with Crippen LogP contribution in [0, 0.1) is 0 Å². The minimum atomic E-state index is -0.442. The van der Waals surface area contributed by atoms with Crippen molar-refractivity contribution in [1.29, 1.82) is 0 Å². The molecule has 0 aromatic heterocycles. The Labute approximate surface area is 138 Å². The van der Waals surface area contributed by atoms with Crippen LogP contribution in [0.3, 0.4) is 0 Å². The second-order valence-corrected chi connectivity index (χ2v) is 8.18. The first-order valence-corrected chi connectivity index (χ1v) is 8.44. The number of halogens is 1. The van der Waals surface area contributed by atoms with Crippen LogP contribution in [0.15, 0.2) is 27.6 Å². The molecule has 1 heterocycles. The predicted molar refractivity (Wildman–Crippen MR) is 88.1 cm³/mol. The molecule has 6 heteroatoms. The third-order valence-corrected chi connectivity index (χ3v) is 4.62. The third kappa shape index (κ3) is 4.54. The molecule has 1 fully saturated rings. The van der Waals surface area contributed by atoms with Gasteiger partial charge in [0.15, 0.2) is 0 Å². The molecule has 1 amide bonds. The molecule has 0 saturated carbocycles. The van der Waals surface area contributed by atoms with E-state index in [1.54, 1.807) is 23.8 Å². The van der Waals surface area contributed by atoms with Crippen molar-refractivity contribution in [2.75, 3.05) is 20.2 Å². The van der Waals surface area contributed by atoms with Crippen molar-refractivity contribution in [2.45, 2.75) is 36.5 Å². The largest absolute Gasteiger partial charge is 0.496 e. The summed E-state index contributed by atoms with van der Waals surface area (Å²) < 4.78 is 11.7. The number of ether oxygens (including phenoxy) is 2. The van der Waals surface area contributed by atoms with Gasteiger partial charge in [-0.1, -0.05) is 15.9 Å². The van der Waals surface area contributed by atoms with E-state index >= 15 is 0 Å². The normalized spacial score (nSPS) is 15.6. The van der Waals surface area contributed by atoms with Crippen LogP contribution >= 0.6 is 27.7 Å². The highest BCUT2D eigenvalue weighted by Gasteiger charge is 2.34. The topological polar surface area (TPSA) is 38.8 Å². The van der Waals surface area contributed by atoms with E-state index in [2.05, 4.69) is 15.9 Å². The summed E-state index contributed by atoms with van der Waals surface area (Å²) >= 11 is 5.20. The molecule has 4 nitrogen and oxygen atoms in total. The maximum atomic E-state index is 11.9. The summed E-state index contributed by atoms with van der Waals surface area (Å²) in [6, 6.07) is 5.94. The van der Waals surface area contributed by atoms with Gasteiger partial charge in [0.05, 0.1) is 12.0 Å². The minimum Gasteiger partial charge on any atom is -0.496 e. The van der Waals surface area contributed by atoms with Gasteiger partial charge in [-0.05, 0) is 39.0 Å². The summed E-state index contributed by atoms with van der Waals surface area (Å²) in [4.78, 5) is 14.7. The third-order valence-electron chi connectivity index (χ3n) is 2.92. The lowest BCUT2D eigenvalue weighted by atomic mass is 10.2. The molecule has 0 bridgehead atoms. The molecule has 0 aliphatic carbocycles. The number of nitrogens with zero attached hydrogens (tertiary/aromatic N) is 1. The fourth-order valence-corrected chi connectivity index (χ4v) is 3.75. The first kappa shape index (κ1) is 16.5. The quantitative estimate of drug-likeness (QED) is 0.796. The van der Waals surface area contributed by atoms with Gasteiger partial charge in [-0.15, -0.1) is 11.8 Å². The molecule has 1 aromatic rings. The first-order valence-electron chi connectivity index (χ1n) is 6.76. The van der Waals surface area contributed by atoms with Gasteiger partial charge in [0.2, 0.25) is 0 Å². The number of likely N-dealkylation sites (tertiary alicyclic amines) is 1. The number of amides is 1. The smallest absolute Gasteiger partial charge is 0.410 e. The Morgan fingerprint density at radius 2 is 2.05 bits per heavy atom. The van der Waals surface area contributed by atoms with Crippen LogP contribution in [-0.4, -0.2) is 42.0 Å². The van der Waals surface area contributed by atoms with Gasteiger partial charge in [0.1, 0.15) is 11.4 Å². The molecule has 2 rings (SSSR count). The van der Waals surface area contributed by atoms with E-state index in [9.17, 15) is 4.79 Å². The lowest BCUT2D eigenvalue weighted by Gasteiger charge is -2.39. The molecule has 1 saturated heterocycles. The highest BCUT2D eigenvalue weighted by atomic mass is 79.9. The number of carbonyl (C=O) groups excluding carboxylic acids is 1. The second kappa shape index (κ2) is 6.48. The van der Waals surface area contributed by atoms with Gasteiger partial charge in [0.25, 0.3) is 0 Å². The van der Waals surface area contributed by atoms with Gasteiger partial charge in [0, 0.05) is 22.8 Å². The molecule has 0 unspecified atom stereocenters. The van der Waals surface area contributed by atoms with Gasteiger partial charge < -0.3 is 14.4 Å². The Kier molecular flexibility index (Phi) is 5.09. The van der Waals surface area contributed by atoms with E-state index in [0.717, 1.165) is 15.1 Å². The van der Waals surface area contributed by atoms with Crippen molar-refractivity contribution in [1.82, 2.24) is 4.90 Å². The number of hydrogen-bond acceptors (Lipinski definition) is 4. The van der Waals surface area contributed by atoms with E-state index in [4.69, 9.17) is 9.47 Å². The summed E-state index contributed by atoms with van der Waals surface area (Å²) in [6.07, 6.45) is -0.236. The number of benzene rings is 1. The molecule has 1 aliphatic heterocycles. The molecule has 21 heavy (non-hydrogen) atoms. The Hall–Kier alpha value is -0.880. The SMILES string of the molecule is COc1ccc(Br)cc1SC1CN(C(=O)OC(C)(C)C)C1. The van der Waals surface area contributed by atoms with Gasteiger partial charge in [-0.3, -0.25) is 0 Å². The number of hydrogen-bond donors (Lipinski definition) is 0. The van der Waals surface area contributed by atoms with Crippen molar-refractivity contribution in [2.24, 2.45) is 0 Å². The van der Waals surface area contributed by atoms with Crippen molar-refractivity contribution in [3.8, 4) is 5.75 Å². The maximum Gasteiger partial charge on any atom is 0.410 e. The van der Waals surface area contributed by atoms with Crippen LogP contribution in [0.2, 0.25) is 0 Å². The Bertz CT molecular complexity index is 524. The zero-order chi connectivity index (χ0) is 15.6. The Morgan fingerprint density at radius 1 is 1.38 bits per heavy atom. The van der Waals surface area contributed by atoms with Crippen LogP contribution in [0.4, 0.5) is 4.79 Å². The molecule has 0 atom stereocenters. The number of rotatable bonds is 3.